The first kappa shape index (κ1) is 21.9. The number of carbonyl (C=O) groups excluding carboxylic acids is 1. The molecule has 0 saturated heterocycles. The number of hydrogen-bond donors (Lipinski definition) is 3. The summed E-state index contributed by atoms with van der Waals surface area (Å²) >= 11 is 0. The van der Waals surface area contributed by atoms with E-state index in [-0.39, 0.29) is 6.17 Å². The number of benzene rings is 1. The van der Waals surface area contributed by atoms with Gasteiger partial charge in [0.2, 0.25) is 0 Å². The Morgan fingerprint density at radius 1 is 0.952 bits per heavy atom. The summed E-state index contributed by atoms with van der Waals surface area (Å²) in [5.41, 5.74) is 10.9. The minimum Gasteiger partial charge on any atom is -0.508 e. The molecule has 0 bridgehead atoms. The Balaban J connectivity index is 0. The fraction of sp³-hybridized carbons (Fsp3) is 0.588. The smallest absolute Gasteiger partial charge is 0.115 e. The van der Waals surface area contributed by atoms with Gasteiger partial charge in [0.15, 0.2) is 0 Å². The van der Waals surface area contributed by atoms with Gasteiger partial charge in [0.05, 0.1) is 6.17 Å². The van der Waals surface area contributed by atoms with Crippen LogP contribution in [0.5, 0.6) is 5.75 Å². The number of hydrogen-bond acceptors (Lipinski definition) is 4. The fourth-order valence-electron chi connectivity index (χ4n) is 1.77. The Hall–Kier alpha value is -1.39. The van der Waals surface area contributed by atoms with Crippen molar-refractivity contribution in [2.45, 2.75) is 64.5 Å². The van der Waals surface area contributed by atoms with Crippen LogP contribution in [0.4, 0.5) is 0 Å². The van der Waals surface area contributed by atoms with Crippen LogP contribution in [-0.2, 0) is 4.79 Å². The molecule has 0 saturated carbocycles. The Bertz CT molecular complexity index is 292. The largest absolute Gasteiger partial charge is 0.508 e. The van der Waals surface area contributed by atoms with E-state index in [1.165, 1.54) is 44.9 Å². The zero-order chi connectivity index (χ0) is 16.3. The van der Waals surface area contributed by atoms with Crippen LogP contribution in [0.3, 0.4) is 0 Å². The zero-order valence-corrected chi connectivity index (χ0v) is 13.3. The first-order valence-electron chi connectivity index (χ1n) is 7.70. The lowest BCUT2D eigenvalue weighted by atomic mass is 10.1. The minimum absolute atomic E-state index is 0.0966. The van der Waals surface area contributed by atoms with Gasteiger partial charge in [-0.2, -0.15) is 0 Å². The highest BCUT2D eigenvalue weighted by Gasteiger charge is 1.94. The molecule has 1 aromatic rings. The van der Waals surface area contributed by atoms with Crippen molar-refractivity contribution in [3.05, 3.63) is 30.3 Å². The van der Waals surface area contributed by atoms with Gasteiger partial charge < -0.3 is 21.4 Å². The monoisotopic (exact) mass is 296 g/mol. The molecule has 0 aliphatic rings. The summed E-state index contributed by atoms with van der Waals surface area (Å²) in [7, 11) is 0. The van der Waals surface area contributed by atoms with Gasteiger partial charge in [-0.25, -0.2) is 0 Å². The average Bonchev–Trinajstić information content (AvgIpc) is 2.49. The van der Waals surface area contributed by atoms with E-state index in [1.807, 2.05) is 12.9 Å². The normalized spacial score (nSPS) is 9.33. The summed E-state index contributed by atoms with van der Waals surface area (Å²) in [6, 6.07) is 8.71. The molecule has 0 unspecified atom stereocenters. The third-order valence-electron chi connectivity index (χ3n) is 2.90. The highest BCUT2D eigenvalue weighted by Crippen LogP contribution is 2.08. The predicted molar refractivity (Wildman–Crippen MR) is 90.0 cm³/mol. The van der Waals surface area contributed by atoms with Crippen molar-refractivity contribution >= 4 is 6.79 Å². The van der Waals surface area contributed by atoms with E-state index in [0.717, 1.165) is 6.42 Å². The molecular formula is C17H32N2O2. The molecule has 0 spiro atoms. The summed E-state index contributed by atoms with van der Waals surface area (Å²) in [5, 5.41) is 8.63. The Morgan fingerprint density at radius 2 is 1.43 bits per heavy atom. The number of aromatic hydroxyl groups is 1. The zero-order valence-electron chi connectivity index (χ0n) is 13.3. The fourth-order valence-corrected chi connectivity index (χ4v) is 1.77. The van der Waals surface area contributed by atoms with E-state index in [9.17, 15) is 0 Å². The summed E-state index contributed by atoms with van der Waals surface area (Å²) in [6.07, 6.45) is 10.2. The maximum atomic E-state index is 8.63. The maximum absolute atomic E-state index is 8.63. The molecule has 0 aromatic heterocycles. The molecule has 0 aliphatic carbocycles. The van der Waals surface area contributed by atoms with E-state index in [2.05, 4.69) is 6.92 Å². The first-order valence-corrected chi connectivity index (χ1v) is 7.70. The third kappa shape index (κ3) is 21.1. The van der Waals surface area contributed by atoms with Gasteiger partial charge in [0, 0.05) is 0 Å². The van der Waals surface area contributed by atoms with Crippen molar-refractivity contribution in [2.24, 2.45) is 11.5 Å². The SMILES string of the molecule is C=O.CCCCCCCCCC(N)N.Oc1ccccc1. The lowest BCUT2D eigenvalue weighted by Gasteiger charge is -2.04. The molecule has 0 heterocycles. The molecule has 4 heteroatoms. The lowest BCUT2D eigenvalue weighted by Crippen LogP contribution is -2.29. The van der Waals surface area contributed by atoms with Gasteiger partial charge in [0.1, 0.15) is 12.5 Å². The van der Waals surface area contributed by atoms with Crippen molar-refractivity contribution in [1.29, 1.82) is 0 Å². The van der Waals surface area contributed by atoms with E-state index in [4.69, 9.17) is 21.4 Å². The van der Waals surface area contributed by atoms with Crippen LogP contribution < -0.4 is 11.5 Å². The topological polar surface area (TPSA) is 89.3 Å². The van der Waals surface area contributed by atoms with Gasteiger partial charge in [-0.3, -0.25) is 0 Å². The predicted octanol–water partition coefficient (Wildman–Crippen LogP) is 3.58. The molecule has 5 N–H and O–H groups in total. The van der Waals surface area contributed by atoms with Crippen molar-refractivity contribution in [1.82, 2.24) is 0 Å². The highest BCUT2D eigenvalue weighted by molar-refractivity contribution is 5.18. The number of carbonyl (C=O) groups is 1. The van der Waals surface area contributed by atoms with Crippen LogP contribution in [0.25, 0.3) is 0 Å². The van der Waals surface area contributed by atoms with Gasteiger partial charge in [0.25, 0.3) is 0 Å². The minimum atomic E-state index is -0.0966. The average molecular weight is 296 g/mol. The summed E-state index contributed by atoms with van der Waals surface area (Å²) in [4.78, 5) is 8.00. The van der Waals surface area contributed by atoms with E-state index in [1.54, 1.807) is 24.3 Å². The molecule has 0 aliphatic heterocycles. The number of rotatable bonds is 8. The van der Waals surface area contributed by atoms with Crippen LogP contribution in [0.2, 0.25) is 0 Å². The molecule has 0 fully saturated rings. The van der Waals surface area contributed by atoms with E-state index >= 15 is 0 Å². The molecule has 122 valence electrons. The molecule has 0 atom stereocenters. The Kier molecular flexibility index (Phi) is 19.4. The molecule has 1 aromatic carbocycles. The van der Waals surface area contributed by atoms with Gasteiger partial charge in [-0.05, 0) is 18.6 Å². The Morgan fingerprint density at radius 3 is 1.81 bits per heavy atom. The molecule has 21 heavy (non-hydrogen) atoms. The maximum Gasteiger partial charge on any atom is 0.115 e. The van der Waals surface area contributed by atoms with Crippen molar-refractivity contribution in [3.63, 3.8) is 0 Å². The van der Waals surface area contributed by atoms with Crippen LogP contribution in [-0.4, -0.2) is 18.1 Å². The standard InChI is InChI=1S/C10H24N2.C6H6O.CH2O/c1-2-3-4-5-6-7-8-9-10(11)12;7-6-4-2-1-3-5-6;1-2/h10H,2-9,11-12H2,1H3;1-5,7H;1H2. The van der Waals surface area contributed by atoms with Crippen LogP contribution in [0.1, 0.15) is 58.3 Å². The van der Waals surface area contributed by atoms with Crippen LogP contribution in [0.15, 0.2) is 30.3 Å². The molecule has 4 nitrogen and oxygen atoms in total. The second kappa shape index (κ2) is 18.6. The number of para-hydroxylation sites is 1. The molecule has 0 radical (unpaired) electrons. The van der Waals surface area contributed by atoms with Gasteiger partial charge in [-0.1, -0.05) is 70.1 Å². The van der Waals surface area contributed by atoms with Crippen LogP contribution >= 0.6 is 0 Å². The molecular weight excluding hydrogens is 264 g/mol. The second-order valence-electron chi connectivity index (χ2n) is 4.91. The van der Waals surface area contributed by atoms with Gasteiger partial charge >= 0.3 is 0 Å². The number of phenolic OH excluding ortho intramolecular Hbond substituents is 1. The van der Waals surface area contributed by atoms with E-state index < -0.39 is 0 Å². The summed E-state index contributed by atoms with van der Waals surface area (Å²) < 4.78 is 0. The number of phenols is 1. The first-order chi connectivity index (χ1) is 10.2. The summed E-state index contributed by atoms with van der Waals surface area (Å²) in [5.74, 6) is 0.322. The summed E-state index contributed by atoms with van der Waals surface area (Å²) in [6.45, 7) is 4.24. The second-order valence-corrected chi connectivity index (χ2v) is 4.91. The van der Waals surface area contributed by atoms with Crippen molar-refractivity contribution < 1.29 is 9.90 Å². The number of nitrogens with two attached hydrogens (primary N) is 2. The molecule has 0 amide bonds. The quantitative estimate of drug-likeness (QED) is 0.505. The van der Waals surface area contributed by atoms with Crippen LogP contribution in [0, 0.1) is 0 Å². The Labute approximate surface area is 129 Å². The third-order valence-corrected chi connectivity index (χ3v) is 2.90. The van der Waals surface area contributed by atoms with Gasteiger partial charge in [-0.15, -0.1) is 0 Å². The van der Waals surface area contributed by atoms with Crippen molar-refractivity contribution in [2.75, 3.05) is 0 Å². The molecule has 1 rings (SSSR count). The highest BCUT2D eigenvalue weighted by atomic mass is 16.3. The van der Waals surface area contributed by atoms with E-state index in [0.29, 0.717) is 5.75 Å². The lowest BCUT2D eigenvalue weighted by molar-refractivity contribution is -0.0979. The number of unbranched alkanes of at least 4 members (excludes halogenated alkanes) is 6. The van der Waals surface area contributed by atoms with Crippen molar-refractivity contribution in [3.8, 4) is 5.75 Å².